The molecule has 0 rings (SSSR count). The molecule has 0 fully saturated rings. The zero-order valence-electron chi connectivity index (χ0n) is 8.75. The maximum atomic E-state index is 10.9. The van der Waals surface area contributed by atoms with Gasteiger partial charge in [-0.2, -0.15) is 0 Å². The summed E-state index contributed by atoms with van der Waals surface area (Å²) >= 11 is 3.31. The Bertz CT molecular complexity index is 221. The first-order valence-corrected chi connectivity index (χ1v) is 5.52. The number of hydrogen-bond donors (Lipinski definition) is 0. The second-order valence-corrected chi connectivity index (χ2v) is 4.34. The normalized spacial score (nSPS) is 12.8. The van der Waals surface area contributed by atoms with E-state index in [0.29, 0.717) is 12.5 Å². The minimum Gasteiger partial charge on any atom is -0.463 e. The Balaban J connectivity index is 3.70. The highest BCUT2D eigenvalue weighted by atomic mass is 79.9. The van der Waals surface area contributed by atoms with Gasteiger partial charge in [-0.25, -0.2) is 4.79 Å². The van der Waals surface area contributed by atoms with Crippen molar-refractivity contribution in [3.8, 4) is 0 Å². The molecule has 0 saturated heterocycles. The van der Waals surface area contributed by atoms with Crippen molar-refractivity contribution in [1.29, 1.82) is 0 Å². The van der Waals surface area contributed by atoms with E-state index >= 15 is 0 Å². The van der Waals surface area contributed by atoms with E-state index in [2.05, 4.69) is 29.4 Å². The minimum atomic E-state index is -0.266. The molecule has 0 unspecified atom stereocenters. The number of halogens is 1. The Hall–Kier alpha value is -0.570. The van der Waals surface area contributed by atoms with Crippen LogP contribution in [-0.2, 0) is 9.53 Å². The first-order chi connectivity index (χ1) is 6.56. The Morgan fingerprint density at radius 2 is 2.29 bits per heavy atom. The summed E-state index contributed by atoms with van der Waals surface area (Å²) in [5, 5.41) is 0. The fourth-order valence-electron chi connectivity index (χ4n) is 1.05. The molecule has 0 aliphatic heterocycles. The van der Waals surface area contributed by atoms with E-state index < -0.39 is 0 Å². The highest BCUT2D eigenvalue weighted by molar-refractivity contribution is 9.11. The van der Waals surface area contributed by atoms with Gasteiger partial charge in [-0.05, 0) is 30.2 Å². The van der Waals surface area contributed by atoms with Gasteiger partial charge in [0.15, 0.2) is 0 Å². The predicted molar refractivity (Wildman–Crippen MR) is 62.2 cm³/mol. The van der Waals surface area contributed by atoms with Gasteiger partial charge in [-0.1, -0.05) is 35.5 Å². The zero-order chi connectivity index (χ0) is 11.0. The van der Waals surface area contributed by atoms with Crippen LogP contribution in [0, 0.1) is 5.92 Å². The second kappa shape index (κ2) is 7.80. The van der Waals surface area contributed by atoms with Crippen LogP contribution in [0.25, 0.3) is 0 Å². The molecule has 0 radical (unpaired) electrons. The van der Waals surface area contributed by atoms with E-state index in [0.717, 1.165) is 17.3 Å². The molecule has 0 aromatic rings. The van der Waals surface area contributed by atoms with Crippen molar-refractivity contribution in [2.75, 3.05) is 6.61 Å². The summed E-state index contributed by atoms with van der Waals surface area (Å²) in [4.78, 5) is 10.9. The fourth-order valence-corrected chi connectivity index (χ4v) is 1.60. The van der Waals surface area contributed by atoms with Gasteiger partial charge in [0, 0.05) is 6.08 Å². The number of carbonyl (C=O) groups excluding carboxylic acids is 1. The molecule has 1 atom stereocenters. The monoisotopic (exact) mass is 260 g/mol. The van der Waals surface area contributed by atoms with E-state index in [1.54, 1.807) is 6.92 Å². The molecule has 0 amide bonds. The standard InChI is InChI=1S/C11H17BrO2/c1-4-14-11(13)7-5-6-9(2)8-10(3)12/h5,7,9H,3-4,6,8H2,1-2H3/b7-5+/t9-/m0/s1. The molecule has 80 valence electrons. The molecular weight excluding hydrogens is 244 g/mol. The summed E-state index contributed by atoms with van der Waals surface area (Å²) in [6.07, 6.45) is 5.12. The van der Waals surface area contributed by atoms with Crippen LogP contribution in [0.1, 0.15) is 26.7 Å². The largest absolute Gasteiger partial charge is 0.463 e. The molecule has 0 saturated carbocycles. The molecule has 14 heavy (non-hydrogen) atoms. The number of ether oxygens (including phenoxy) is 1. The van der Waals surface area contributed by atoms with Gasteiger partial charge < -0.3 is 4.74 Å². The topological polar surface area (TPSA) is 26.3 Å². The van der Waals surface area contributed by atoms with Crippen LogP contribution in [0.3, 0.4) is 0 Å². The molecule has 0 aliphatic rings. The maximum absolute atomic E-state index is 10.9. The Kier molecular flexibility index (Phi) is 7.48. The van der Waals surface area contributed by atoms with E-state index in [9.17, 15) is 4.79 Å². The molecule has 0 N–H and O–H groups in total. The van der Waals surface area contributed by atoms with E-state index in [-0.39, 0.29) is 5.97 Å². The molecule has 0 aromatic heterocycles. The van der Waals surface area contributed by atoms with Crippen molar-refractivity contribution in [2.45, 2.75) is 26.7 Å². The smallest absolute Gasteiger partial charge is 0.330 e. The molecular formula is C11H17BrO2. The summed E-state index contributed by atoms with van der Waals surface area (Å²) < 4.78 is 5.75. The average molecular weight is 261 g/mol. The number of rotatable bonds is 6. The summed E-state index contributed by atoms with van der Waals surface area (Å²) in [5.41, 5.74) is 0. The summed E-state index contributed by atoms with van der Waals surface area (Å²) in [6, 6.07) is 0. The van der Waals surface area contributed by atoms with Gasteiger partial charge in [-0.3, -0.25) is 0 Å². The lowest BCUT2D eigenvalue weighted by atomic mass is 10.0. The van der Waals surface area contributed by atoms with Crippen molar-refractivity contribution in [1.82, 2.24) is 0 Å². The molecule has 0 bridgehead atoms. The van der Waals surface area contributed by atoms with Crippen molar-refractivity contribution in [3.63, 3.8) is 0 Å². The van der Waals surface area contributed by atoms with Gasteiger partial charge in [0.05, 0.1) is 6.61 Å². The van der Waals surface area contributed by atoms with Gasteiger partial charge in [0.1, 0.15) is 0 Å². The summed E-state index contributed by atoms with van der Waals surface area (Å²) in [6.45, 7) is 8.10. The Morgan fingerprint density at radius 3 is 2.79 bits per heavy atom. The Morgan fingerprint density at radius 1 is 1.64 bits per heavy atom. The third-order valence-electron chi connectivity index (χ3n) is 1.65. The highest BCUT2D eigenvalue weighted by Gasteiger charge is 2.01. The first-order valence-electron chi connectivity index (χ1n) is 4.72. The quantitative estimate of drug-likeness (QED) is 0.541. The molecule has 0 heterocycles. The van der Waals surface area contributed by atoms with Crippen LogP contribution >= 0.6 is 15.9 Å². The zero-order valence-corrected chi connectivity index (χ0v) is 10.3. The molecule has 3 heteroatoms. The summed E-state index contributed by atoms with van der Waals surface area (Å²) in [7, 11) is 0. The SMILES string of the molecule is C=C(Br)C[C@@H](C)C/C=C/C(=O)OCC. The van der Waals surface area contributed by atoms with Gasteiger partial charge in [0.2, 0.25) is 0 Å². The van der Waals surface area contributed by atoms with Crippen molar-refractivity contribution < 1.29 is 9.53 Å². The molecule has 0 aromatic carbocycles. The van der Waals surface area contributed by atoms with Crippen LogP contribution in [0.2, 0.25) is 0 Å². The van der Waals surface area contributed by atoms with Crippen LogP contribution in [0.15, 0.2) is 23.2 Å². The van der Waals surface area contributed by atoms with Gasteiger partial charge in [0.25, 0.3) is 0 Å². The van der Waals surface area contributed by atoms with E-state index in [4.69, 9.17) is 4.74 Å². The van der Waals surface area contributed by atoms with Crippen molar-refractivity contribution >= 4 is 21.9 Å². The molecule has 0 spiro atoms. The Labute approximate surface area is 94.2 Å². The maximum Gasteiger partial charge on any atom is 0.330 e. The lowest BCUT2D eigenvalue weighted by Gasteiger charge is -2.05. The predicted octanol–water partition coefficient (Wildman–Crippen LogP) is 3.43. The minimum absolute atomic E-state index is 0.266. The van der Waals surface area contributed by atoms with Crippen molar-refractivity contribution in [2.24, 2.45) is 5.92 Å². The lowest BCUT2D eigenvalue weighted by Crippen LogP contribution is -1.99. The van der Waals surface area contributed by atoms with Crippen LogP contribution in [0.4, 0.5) is 0 Å². The average Bonchev–Trinajstić information content (AvgIpc) is 2.02. The first kappa shape index (κ1) is 13.4. The van der Waals surface area contributed by atoms with Gasteiger partial charge >= 0.3 is 5.97 Å². The van der Waals surface area contributed by atoms with Crippen LogP contribution < -0.4 is 0 Å². The second-order valence-electron chi connectivity index (χ2n) is 3.22. The number of carbonyl (C=O) groups is 1. The van der Waals surface area contributed by atoms with E-state index in [1.807, 2.05) is 6.08 Å². The van der Waals surface area contributed by atoms with Crippen LogP contribution in [-0.4, -0.2) is 12.6 Å². The molecule has 2 nitrogen and oxygen atoms in total. The van der Waals surface area contributed by atoms with E-state index in [1.165, 1.54) is 6.08 Å². The third-order valence-corrected chi connectivity index (χ3v) is 1.97. The lowest BCUT2D eigenvalue weighted by molar-refractivity contribution is -0.137. The third kappa shape index (κ3) is 8.05. The number of hydrogen-bond acceptors (Lipinski definition) is 2. The van der Waals surface area contributed by atoms with Crippen LogP contribution in [0.5, 0.6) is 0 Å². The molecule has 0 aliphatic carbocycles. The highest BCUT2D eigenvalue weighted by Crippen LogP contribution is 2.17. The number of esters is 1. The van der Waals surface area contributed by atoms with Gasteiger partial charge in [-0.15, -0.1) is 0 Å². The summed E-state index contributed by atoms with van der Waals surface area (Å²) in [5.74, 6) is 0.227. The van der Waals surface area contributed by atoms with Crippen molar-refractivity contribution in [3.05, 3.63) is 23.2 Å². The number of allylic oxidation sites excluding steroid dienone is 2. The fraction of sp³-hybridized carbons (Fsp3) is 0.545.